The minimum absolute atomic E-state index is 0.169. The van der Waals surface area contributed by atoms with Crippen LogP contribution in [0.25, 0.3) is 0 Å². The van der Waals surface area contributed by atoms with E-state index in [0.29, 0.717) is 0 Å². The zero-order chi connectivity index (χ0) is 16.7. The van der Waals surface area contributed by atoms with Crippen LogP contribution < -0.4 is 10.6 Å². The monoisotopic (exact) mass is 302 g/mol. The first-order chi connectivity index (χ1) is 9.56. The molecule has 21 heavy (non-hydrogen) atoms. The molecule has 2 amide bonds. The highest BCUT2D eigenvalue weighted by Gasteiger charge is 2.31. The van der Waals surface area contributed by atoms with E-state index in [9.17, 15) is 14.4 Å². The van der Waals surface area contributed by atoms with Gasteiger partial charge in [0.25, 0.3) is 0 Å². The summed E-state index contributed by atoms with van der Waals surface area (Å²) >= 11 is 0. The van der Waals surface area contributed by atoms with Crippen LogP contribution in [-0.4, -0.2) is 41.3 Å². The molecule has 0 bridgehead atoms. The molecule has 3 N–H and O–H groups in total. The molecule has 0 saturated heterocycles. The second kappa shape index (κ2) is 8.49. The van der Waals surface area contributed by atoms with Crippen LogP contribution in [0.1, 0.15) is 41.5 Å². The van der Waals surface area contributed by atoms with Crippen molar-refractivity contribution in [2.24, 2.45) is 11.8 Å². The average Bonchev–Trinajstić information content (AvgIpc) is 2.30. The predicted octanol–water partition coefficient (Wildman–Crippen LogP) is 1.37. The lowest BCUT2D eigenvalue weighted by atomic mass is 10.0. The van der Waals surface area contributed by atoms with Crippen molar-refractivity contribution >= 4 is 18.0 Å². The first kappa shape index (κ1) is 19.2. The van der Waals surface area contributed by atoms with Crippen molar-refractivity contribution in [2.45, 2.75) is 59.7 Å². The van der Waals surface area contributed by atoms with Crippen LogP contribution >= 0.6 is 0 Å². The number of rotatable bonds is 7. The second-order valence-electron chi connectivity index (χ2n) is 5.89. The quantitative estimate of drug-likeness (QED) is 0.616. The Hall–Kier alpha value is -1.79. The minimum atomic E-state index is -1.28. The van der Waals surface area contributed by atoms with Gasteiger partial charge in [0.15, 0.2) is 0 Å². The fourth-order valence-corrected chi connectivity index (χ4v) is 1.71. The van der Waals surface area contributed by atoms with Crippen molar-refractivity contribution in [2.75, 3.05) is 0 Å². The molecule has 0 heterocycles. The third kappa shape index (κ3) is 6.97. The standard InChI is InChI=1S/C14H26N2O5/c1-7(2)10(16-14(19)20)12(17)15-11(8(3)4)13(18)21-9(5)6/h7-11,16H,1-6H3,(H,15,17)(H,19,20). The number of carbonyl (C=O) groups is 3. The molecule has 0 aromatic rings. The number of ether oxygens (including phenoxy) is 1. The van der Waals surface area contributed by atoms with E-state index in [4.69, 9.17) is 9.84 Å². The van der Waals surface area contributed by atoms with Crippen LogP contribution in [0, 0.1) is 11.8 Å². The Balaban J connectivity index is 4.94. The Labute approximate surface area is 125 Å². The lowest BCUT2D eigenvalue weighted by molar-refractivity contribution is -0.153. The van der Waals surface area contributed by atoms with Crippen molar-refractivity contribution in [3.05, 3.63) is 0 Å². The molecule has 0 radical (unpaired) electrons. The normalized spacial score (nSPS) is 14.0. The maximum Gasteiger partial charge on any atom is 0.405 e. The molecule has 0 aliphatic carbocycles. The van der Waals surface area contributed by atoms with Crippen molar-refractivity contribution in [1.29, 1.82) is 0 Å². The molecule has 2 atom stereocenters. The molecule has 7 heteroatoms. The van der Waals surface area contributed by atoms with E-state index in [-0.39, 0.29) is 17.9 Å². The highest BCUT2D eigenvalue weighted by molar-refractivity contribution is 5.89. The number of carbonyl (C=O) groups excluding carboxylic acids is 2. The highest BCUT2D eigenvalue weighted by Crippen LogP contribution is 2.08. The Bertz CT molecular complexity index is 380. The smallest absolute Gasteiger partial charge is 0.405 e. The third-order valence-corrected chi connectivity index (χ3v) is 2.80. The van der Waals surface area contributed by atoms with Crippen LogP contribution in [0.2, 0.25) is 0 Å². The van der Waals surface area contributed by atoms with Gasteiger partial charge in [-0.15, -0.1) is 0 Å². The first-order valence-electron chi connectivity index (χ1n) is 7.06. The van der Waals surface area contributed by atoms with Crippen LogP contribution in [0.15, 0.2) is 0 Å². The summed E-state index contributed by atoms with van der Waals surface area (Å²) < 4.78 is 5.11. The molecule has 0 saturated carbocycles. The summed E-state index contributed by atoms with van der Waals surface area (Å²) in [6, 6.07) is -1.73. The topological polar surface area (TPSA) is 105 Å². The van der Waals surface area contributed by atoms with Gasteiger partial charge in [-0.05, 0) is 25.7 Å². The molecule has 7 nitrogen and oxygen atoms in total. The van der Waals surface area contributed by atoms with Crippen LogP contribution in [0.4, 0.5) is 4.79 Å². The molecular weight excluding hydrogens is 276 g/mol. The maximum absolute atomic E-state index is 12.2. The zero-order valence-electron chi connectivity index (χ0n) is 13.5. The van der Waals surface area contributed by atoms with Crippen molar-refractivity contribution < 1.29 is 24.2 Å². The Morgan fingerprint density at radius 1 is 0.857 bits per heavy atom. The van der Waals surface area contributed by atoms with E-state index in [2.05, 4.69) is 10.6 Å². The van der Waals surface area contributed by atoms with E-state index in [1.165, 1.54) is 0 Å². The zero-order valence-corrected chi connectivity index (χ0v) is 13.5. The fourth-order valence-electron chi connectivity index (χ4n) is 1.71. The van der Waals surface area contributed by atoms with Gasteiger partial charge >= 0.3 is 12.1 Å². The molecule has 0 aliphatic heterocycles. The molecule has 0 aliphatic rings. The molecule has 0 rings (SSSR count). The van der Waals surface area contributed by atoms with Gasteiger partial charge in [-0.25, -0.2) is 9.59 Å². The molecule has 2 unspecified atom stereocenters. The number of carboxylic acid groups (broad SMARTS) is 1. The van der Waals surface area contributed by atoms with Gasteiger partial charge in [0.05, 0.1) is 6.10 Å². The molecular formula is C14H26N2O5. The van der Waals surface area contributed by atoms with Crippen molar-refractivity contribution in [3.8, 4) is 0 Å². The number of hydrogen-bond donors (Lipinski definition) is 3. The number of nitrogens with one attached hydrogen (secondary N) is 2. The Morgan fingerprint density at radius 3 is 1.67 bits per heavy atom. The van der Waals surface area contributed by atoms with Gasteiger partial charge in [-0.3, -0.25) is 4.79 Å². The van der Waals surface area contributed by atoms with Gasteiger partial charge < -0.3 is 20.5 Å². The summed E-state index contributed by atoms with van der Waals surface area (Å²) in [5.74, 6) is -1.47. The SMILES string of the molecule is CC(C)OC(=O)C(NC(=O)C(NC(=O)O)C(C)C)C(C)C. The Kier molecular flexibility index (Phi) is 7.76. The maximum atomic E-state index is 12.2. The lowest BCUT2D eigenvalue weighted by Gasteiger charge is -2.26. The first-order valence-corrected chi connectivity index (χ1v) is 7.06. The van der Waals surface area contributed by atoms with Crippen LogP contribution in [-0.2, 0) is 14.3 Å². The summed E-state index contributed by atoms with van der Waals surface area (Å²) in [4.78, 5) is 34.9. The van der Waals surface area contributed by atoms with Gasteiger partial charge in [0.1, 0.15) is 12.1 Å². The molecule has 0 spiro atoms. The molecule has 122 valence electrons. The van der Waals surface area contributed by atoms with E-state index in [1.54, 1.807) is 41.5 Å². The third-order valence-electron chi connectivity index (χ3n) is 2.80. The van der Waals surface area contributed by atoms with E-state index in [1.807, 2.05) is 0 Å². The van der Waals surface area contributed by atoms with Crippen LogP contribution in [0.5, 0.6) is 0 Å². The van der Waals surface area contributed by atoms with E-state index < -0.39 is 30.1 Å². The summed E-state index contributed by atoms with van der Waals surface area (Å²) in [6.45, 7) is 10.4. The lowest BCUT2D eigenvalue weighted by Crippen LogP contribution is -2.55. The summed E-state index contributed by atoms with van der Waals surface area (Å²) in [7, 11) is 0. The van der Waals surface area contributed by atoms with Crippen molar-refractivity contribution in [1.82, 2.24) is 10.6 Å². The largest absolute Gasteiger partial charge is 0.465 e. The molecule has 0 aromatic carbocycles. The van der Waals surface area contributed by atoms with E-state index >= 15 is 0 Å². The summed E-state index contributed by atoms with van der Waals surface area (Å²) in [6.07, 6.45) is -1.57. The van der Waals surface area contributed by atoms with Gasteiger partial charge in [-0.2, -0.15) is 0 Å². The molecule has 0 fully saturated rings. The summed E-state index contributed by atoms with van der Waals surface area (Å²) in [5.41, 5.74) is 0. The number of esters is 1. The number of hydrogen-bond acceptors (Lipinski definition) is 4. The van der Waals surface area contributed by atoms with Gasteiger partial charge in [-0.1, -0.05) is 27.7 Å². The number of amides is 2. The van der Waals surface area contributed by atoms with Crippen LogP contribution in [0.3, 0.4) is 0 Å². The minimum Gasteiger partial charge on any atom is -0.465 e. The Morgan fingerprint density at radius 2 is 1.33 bits per heavy atom. The second-order valence-corrected chi connectivity index (χ2v) is 5.89. The van der Waals surface area contributed by atoms with Gasteiger partial charge in [0, 0.05) is 0 Å². The van der Waals surface area contributed by atoms with Crippen molar-refractivity contribution in [3.63, 3.8) is 0 Å². The van der Waals surface area contributed by atoms with E-state index in [0.717, 1.165) is 0 Å². The van der Waals surface area contributed by atoms with Gasteiger partial charge in [0.2, 0.25) is 5.91 Å². The fraction of sp³-hybridized carbons (Fsp3) is 0.786. The predicted molar refractivity (Wildman–Crippen MR) is 77.8 cm³/mol. The highest BCUT2D eigenvalue weighted by atomic mass is 16.5. The molecule has 0 aromatic heterocycles. The summed E-state index contributed by atoms with van der Waals surface area (Å²) in [5, 5.41) is 13.5. The average molecular weight is 302 g/mol.